The number of rotatable bonds is 6. The molecule has 1 atom stereocenters. The van der Waals surface area contributed by atoms with Gasteiger partial charge in [-0.2, -0.15) is 0 Å². The van der Waals surface area contributed by atoms with Gasteiger partial charge in [-0.25, -0.2) is 4.79 Å². The highest BCUT2D eigenvalue weighted by Crippen LogP contribution is 2.35. The van der Waals surface area contributed by atoms with Crippen molar-refractivity contribution in [2.45, 2.75) is 38.7 Å². The summed E-state index contributed by atoms with van der Waals surface area (Å²) < 4.78 is 5.39. The number of ether oxygens (including phenoxy) is 1. The summed E-state index contributed by atoms with van der Waals surface area (Å²) in [7, 11) is 0. The zero-order valence-electron chi connectivity index (χ0n) is 12.8. The van der Waals surface area contributed by atoms with E-state index in [1.807, 2.05) is 24.3 Å². The number of carboxylic acids is 1. The van der Waals surface area contributed by atoms with E-state index in [1.165, 1.54) is 0 Å². The lowest BCUT2D eigenvalue weighted by Crippen LogP contribution is -2.30. The molecule has 1 N–H and O–H groups in total. The van der Waals surface area contributed by atoms with Gasteiger partial charge in [-0.15, -0.1) is 0 Å². The summed E-state index contributed by atoms with van der Waals surface area (Å²) in [4.78, 5) is 23.1. The average Bonchev–Trinajstić information content (AvgIpc) is 2.81. The molecule has 4 nitrogen and oxygen atoms in total. The minimum absolute atomic E-state index is 0.309. The Hall–Kier alpha value is -2.36. The van der Waals surface area contributed by atoms with Crippen molar-refractivity contribution in [2.24, 2.45) is 0 Å². The third kappa shape index (κ3) is 3.27. The van der Waals surface area contributed by atoms with E-state index in [0.29, 0.717) is 5.56 Å². The van der Waals surface area contributed by atoms with Gasteiger partial charge in [0.15, 0.2) is 5.60 Å². The summed E-state index contributed by atoms with van der Waals surface area (Å²) >= 11 is 0. The molecule has 2 rings (SSSR count). The topological polar surface area (TPSA) is 63.6 Å². The number of carbonyl (C=O) groups is 2. The van der Waals surface area contributed by atoms with Gasteiger partial charge in [0.1, 0.15) is 0 Å². The molecule has 116 valence electrons. The number of unbranched alkanes of at least 4 members (excludes halogenated alkanes) is 2. The second-order valence-corrected chi connectivity index (χ2v) is 5.48. The molecule has 0 spiro atoms. The molecule has 1 aliphatic rings. The van der Waals surface area contributed by atoms with E-state index in [-0.39, 0.29) is 11.5 Å². The highest BCUT2D eigenvalue weighted by Gasteiger charge is 2.43. The van der Waals surface area contributed by atoms with Crippen LogP contribution in [-0.2, 0) is 19.9 Å². The molecule has 1 aromatic rings. The number of hydrogen-bond acceptors (Lipinski definition) is 3. The highest BCUT2D eigenvalue weighted by molar-refractivity contribution is 6.05. The fourth-order valence-electron chi connectivity index (χ4n) is 2.34. The maximum absolute atomic E-state index is 12.1. The molecule has 0 bridgehead atoms. The molecule has 22 heavy (non-hydrogen) atoms. The van der Waals surface area contributed by atoms with E-state index < -0.39 is 11.6 Å². The third-order valence-corrected chi connectivity index (χ3v) is 3.73. The number of allylic oxidation sites excluding steroid dienone is 1. The Kier molecular flexibility index (Phi) is 4.81. The zero-order valence-corrected chi connectivity index (χ0v) is 12.8. The first-order valence-corrected chi connectivity index (χ1v) is 7.43. The van der Waals surface area contributed by atoms with Crippen LogP contribution < -0.4 is 0 Å². The first-order chi connectivity index (χ1) is 10.5. The number of carboxylic acid groups (broad SMARTS) is 1. The van der Waals surface area contributed by atoms with Gasteiger partial charge in [-0.3, -0.25) is 4.79 Å². The van der Waals surface area contributed by atoms with Gasteiger partial charge in [0.2, 0.25) is 11.5 Å². The Balaban J connectivity index is 2.21. The van der Waals surface area contributed by atoms with Crippen molar-refractivity contribution in [2.75, 3.05) is 0 Å². The summed E-state index contributed by atoms with van der Waals surface area (Å²) in [5.74, 6) is -1.89. The van der Waals surface area contributed by atoms with Crippen LogP contribution in [0, 0.1) is 0 Å². The number of aliphatic carboxylic acids is 1. The molecular weight excluding hydrogens is 280 g/mol. The molecule has 1 aromatic carbocycles. The average molecular weight is 300 g/mol. The van der Waals surface area contributed by atoms with Crippen LogP contribution >= 0.6 is 0 Å². The molecule has 0 amide bonds. The van der Waals surface area contributed by atoms with Crippen molar-refractivity contribution >= 4 is 17.8 Å². The Labute approximate surface area is 130 Å². The van der Waals surface area contributed by atoms with Crippen LogP contribution in [0.4, 0.5) is 0 Å². The van der Waals surface area contributed by atoms with Crippen molar-refractivity contribution in [3.05, 3.63) is 53.3 Å². The summed E-state index contributed by atoms with van der Waals surface area (Å²) in [5, 5.41) is 8.97. The first kappa shape index (κ1) is 16.0. The van der Waals surface area contributed by atoms with Crippen LogP contribution in [0.1, 0.15) is 44.2 Å². The highest BCUT2D eigenvalue weighted by atomic mass is 16.5. The monoisotopic (exact) mass is 300 g/mol. The molecule has 0 saturated carbocycles. The lowest BCUT2D eigenvalue weighted by Gasteiger charge is -2.23. The summed E-state index contributed by atoms with van der Waals surface area (Å²) in [6.45, 7) is 3.74. The van der Waals surface area contributed by atoms with E-state index in [0.717, 1.165) is 30.9 Å². The smallest absolute Gasteiger partial charge is 0.371 e. The predicted molar refractivity (Wildman–Crippen MR) is 84.2 cm³/mol. The second kappa shape index (κ2) is 6.60. The van der Waals surface area contributed by atoms with Crippen LogP contribution in [0.5, 0.6) is 0 Å². The molecule has 0 aromatic heterocycles. The van der Waals surface area contributed by atoms with Crippen molar-refractivity contribution in [3.8, 4) is 0 Å². The Morgan fingerprint density at radius 2 is 2.18 bits per heavy atom. The Morgan fingerprint density at radius 1 is 1.41 bits per heavy atom. The molecule has 1 aliphatic heterocycles. The van der Waals surface area contributed by atoms with Crippen molar-refractivity contribution in [1.82, 2.24) is 0 Å². The number of ketones is 1. The van der Waals surface area contributed by atoms with Crippen LogP contribution in [0.3, 0.4) is 0 Å². The fraction of sp³-hybridized carbons (Fsp3) is 0.333. The quantitative estimate of drug-likeness (QED) is 0.814. The number of hydrogen-bond donors (Lipinski definition) is 1. The van der Waals surface area contributed by atoms with Crippen molar-refractivity contribution in [3.63, 3.8) is 0 Å². The van der Waals surface area contributed by atoms with E-state index in [9.17, 15) is 9.59 Å². The number of benzene rings is 1. The SMILES string of the molecule is CCCC/C=C/c1cccc(C2(C)OC(C(=O)O)=CC2=O)c1. The van der Waals surface area contributed by atoms with Gasteiger partial charge >= 0.3 is 5.97 Å². The molecule has 0 fully saturated rings. The molecule has 0 aliphatic carbocycles. The lowest BCUT2D eigenvalue weighted by atomic mass is 9.91. The molecule has 1 heterocycles. The Morgan fingerprint density at radius 3 is 2.82 bits per heavy atom. The maximum atomic E-state index is 12.1. The fourth-order valence-corrected chi connectivity index (χ4v) is 2.34. The maximum Gasteiger partial charge on any atom is 0.371 e. The van der Waals surface area contributed by atoms with Gasteiger partial charge in [0.25, 0.3) is 0 Å². The van der Waals surface area contributed by atoms with E-state index in [4.69, 9.17) is 9.84 Å². The minimum atomic E-state index is -1.26. The van der Waals surface area contributed by atoms with Gasteiger partial charge < -0.3 is 9.84 Å². The zero-order chi connectivity index (χ0) is 16.2. The Bertz CT molecular complexity index is 642. The minimum Gasteiger partial charge on any atom is -0.475 e. The standard InChI is InChI=1S/C18H20O4/c1-3-4-5-6-8-13-9-7-10-14(11-13)18(2)16(19)12-15(22-18)17(20)21/h6-12H,3-5H2,1-2H3,(H,20,21)/b8-6+. The van der Waals surface area contributed by atoms with Crippen molar-refractivity contribution in [1.29, 1.82) is 0 Å². The molecule has 0 radical (unpaired) electrons. The van der Waals surface area contributed by atoms with Crippen LogP contribution in [-0.4, -0.2) is 16.9 Å². The van der Waals surface area contributed by atoms with Gasteiger partial charge in [-0.05, 0) is 25.0 Å². The largest absolute Gasteiger partial charge is 0.475 e. The van der Waals surface area contributed by atoms with Crippen LogP contribution in [0.15, 0.2) is 42.2 Å². The van der Waals surface area contributed by atoms with E-state index in [1.54, 1.807) is 13.0 Å². The number of carbonyl (C=O) groups excluding carboxylic acids is 1. The van der Waals surface area contributed by atoms with Crippen molar-refractivity contribution < 1.29 is 19.4 Å². The van der Waals surface area contributed by atoms with Gasteiger partial charge in [-0.1, -0.05) is 50.1 Å². The van der Waals surface area contributed by atoms with Gasteiger partial charge in [0.05, 0.1) is 0 Å². The second-order valence-electron chi connectivity index (χ2n) is 5.48. The van der Waals surface area contributed by atoms with Gasteiger partial charge in [0, 0.05) is 11.6 Å². The summed E-state index contributed by atoms with van der Waals surface area (Å²) in [6.07, 6.45) is 8.46. The molecule has 1 unspecified atom stereocenters. The predicted octanol–water partition coefficient (Wildman–Crippen LogP) is 3.67. The molecular formula is C18H20O4. The normalized spacial score (nSPS) is 21.0. The molecule has 4 heteroatoms. The first-order valence-electron chi connectivity index (χ1n) is 7.43. The van der Waals surface area contributed by atoms with E-state index in [2.05, 4.69) is 13.0 Å². The summed E-state index contributed by atoms with van der Waals surface area (Å²) in [5.41, 5.74) is 0.360. The third-order valence-electron chi connectivity index (χ3n) is 3.73. The lowest BCUT2D eigenvalue weighted by molar-refractivity contribution is -0.141. The van der Waals surface area contributed by atoms with Crippen LogP contribution in [0.2, 0.25) is 0 Å². The molecule has 0 saturated heterocycles. The summed E-state index contributed by atoms with van der Waals surface area (Å²) in [6, 6.07) is 7.43. The van der Waals surface area contributed by atoms with Crippen LogP contribution in [0.25, 0.3) is 6.08 Å². The van der Waals surface area contributed by atoms with E-state index >= 15 is 0 Å².